The van der Waals surface area contributed by atoms with Crippen LogP contribution in [0.1, 0.15) is 89.2 Å². The summed E-state index contributed by atoms with van der Waals surface area (Å²) in [6, 6.07) is 12.3. The molecule has 3 rings (SSSR count). The number of amides is 3. The van der Waals surface area contributed by atoms with Crippen molar-refractivity contribution >= 4 is 46.6 Å². The number of ether oxygens (including phenoxy) is 1. The van der Waals surface area contributed by atoms with E-state index in [0.717, 1.165) is 37.9 Å². The van der Waals surface area contributed by atoms with Crippen molar-refractivity contribution in [3.63, 3.8) is 0 Å². The second kappa shape index (κ2) is 23.8. The Hall–Kier alpha value is -4.50. The quantitative estimate of drug-likeness (QED) is 0.0521. The van der Waals surface area contributed by atoms with E-state index in [9.17, 15) is 33.9 Å². The van der Waals surface area contributed by atoms with E-state index < -0.39 is 47.1 Å². The lowest BCUT2D eigenvalue weighted by Crippen LogP contribution is -2.56. The van der Waals surface area contributed by atoms with Crippen molar-refractivity contribution in [1.82, 2.24) is 15.1 Å². The molecular formula is C44H66N6O8. The van der Waals surface area contributed by atoms with Crippen molar-refractivity contribution in [2.45, 2.75) is 103 Å². The number of ketones is 2. The van der Waals surface area contributed by atoms with Gasteiger partial charge in [0, 0.05) is 29.6 Å². The Labute approximate surface area is 344 Å². The normalized spacial score (nSPS) is 15.4. The molecule has 0 bridgehead atoms. The molecule has 14 nitrogen and oxygen atoms in total. The van der Waals surface area contributed by atoms with Gasteiger partial charge in [-0.3, -0.25) is 24.0 Å². The van der Waals surface area contributed by atoms with Gasteiger partial charge < -0.3 is 46.1 Å². The molecule has 4 atom stereocenters. The highest BCUT2D eigenvalue weighted by Gasteiger charge is 2.53. The number of carbonyl (C=O) groups excluding carboxylic acids is 6. The maximum Gasteiger partial charge on any atom is 0.321 e. The van der Waals surface area contributed by atoms with Crippen LogP contribution in [-0.4, -0.2) is 110 Å². The minimum atomic E-state index is -1.49. The smallest absolute Gasteiger partial charge is 0.321 e. The van der Waals surface area contributed by atoms with Crippen molar-refractivity contribution < 1.29 is 38.6 Å². The van der Waals surface area contributed by atoms with E-state index in [1.807, 2.05) is 45.2 Å². The fourth-order valence-corrected chi connectivity index (χ4v) is 7.09. The second-order valence-corrected chi connectivity index (χ2v) is 16.4. The summed E-state index contributed by atoms with van der Waals surface area (Å²) in [7, 11) is 7.92. The topological polar surface area (TPSA) is 200 Å². The van der Waals surface area contributed by atoms with Gasteiger partial charge in [-0.1, -0.05) is 37.1 Å². The molecule has 1 fully saturated rings. The molecule has 3 amide bonds. The number of Topliss-reactive ketones (excluding diaryl/α,β-unsaturated/α-hetero) is 2. The first kappa shape index (κ1) is 47.9. The van der Waals surface area contributed by atoms with Crippen LogP contribution in [0.2, 0.25) is 0 Å². The van der Waals surface area contributed by atoms with Gasteiger partial charge in [-0.15, -0.1) is 0 Å². The minimum Gasteiger partial charge on any atom is -0.465 e. The van der Waals surface area contributed by atoms with Gasteiger partial charge >= 0.3 is 5.97 Å². The molecule has 1 saturated carbocycles. The fraction of sp³-hybridized carbons (Fsp3) is 0.591. The van der Waals surface area contributed by atoms with Crippen LogP contribution in [0.15, 0.2) is 48.5 Å². The van der Waals surface area contributed by atoms with Gasteiger partial charge in [0.05, 0.1) is 19.3 Å². The molecule has 6 N–H and O–H groups in total. The number of hydrogen-bond donors (Lipinski definition) is 5. The lowest BCUT2D eigenvalue weighted by Gasteiger charge is -2.39. The van der Waals surface area contributed by atoms with Crippen LogP contribution in [0, 0.1) is 17.3 Å². The summed E-state index contributed by atoms with van der Waals surface area (Å²) in [4.78, 5) is 83.5. The Morgan fingerprint density at radius 1 is 0.776 bits per heavy atom. The Morgan fingerprint density at radius 2 is 1.31 bits per heavy atom. The first-order valence-corrected chi connectivity index (χ1v) is 20.5. The first-order valence-electron chi connectivity index (χ1n) is 20.5. The molecule has 4 unspecified atom stereocenters. The van der Waals surface area contributed by atoms with E-state index >= 15 is 0 Å². The zero-order valence-corrected chi connectivity index (χ0v) is 35.3. The summed E-state index contributed by atoms with van der Waals surface area (Å²) in [6.45, 7) is 4.22. The molecule has 0 aromatic heterocycles. The molecule has 320 valence electrons. The number of nitrogens with one attached hydrogen (secondary N) is 3. The van der Waals surface area contributed by atoms with Gasteiger partial charge in [-0.05, 0) is 142 Å². The number of anilines is 2. The molecule has 0 radical (unpaired) electrons. The summed E-state index contributed by atoms with van der Waals surface area (Å²) in [6.07, 6.45) is 5.52. The third kappa shape index (κ3) is 15.3. The molecule has 0 saturated heterocycles. The third-order valence-corrected chi connectivity index (χ3v) is 10.9. The molecule has 1 aliphatic rings. The average Bonchev–Trinajstić information content (AvgIpc) is 3.15. The number of aliphatic hydroxyl groups excluding tert-OH is 1. The molecule has 1 aliphatic carbocycles. The Bertz CT molecular complexity index is 1660. The largest absolute Gasteiger partial charge is 0.465 e. The summed E-state index contributed by atoms with van der Waals surface area (Å²) in [5.74, 6) is -3.71. The van der Waals surface area contributed by atoms with Crippen molar-refractivity contribution in [1.29, 1.82) is 0 Å². The molecule has 0 spiro atoms. The average molecular weight is 807 g/mol. The number of nitrogens with two attached hydrogens (primary N) is 1. The number of benzene rings is 2. The van der Waals surface area contributed by atoms with Gasteiger partial charge in [0.2, 0.25) is 17.7 Å². The van der Waals surface area contributed by atoms with Gasteiger partial charge in [0.25, 0.3) is 0 Å². The molecule has 14 heteroatoms. The highest BCUT2D eigenvalue weighted by Crippen LogP contribution is 2.43. The van der Waals surface area contributed by atoms with Crippen molar-refractivity contribution in [2.75, 3.05) is 58.5 Å². The van der Waals surface area contributed by atoms with Crippen molar-refractivity contribution in [3.05, 3.63) is 59.7 Å². The molecule has 58 heavy (non-hydrogen) atoms. The zero-order valence-electron chi connectivity index (χ0n) is 35.3. The Morgan fingerprint density at radius 3 is 1.79 bits per heavy atom. The van der Waals surface area contributed by atoms with Gasteiger partial charge in [-0.25, -0.2) is 0 Å². The van der Waals surface area contributed by atoms with Crippen LogP contribution in [0.25, 0.3) is 0 Å². The molecule has 0 aliphatic heterocycles. The number of hydrogen-bond acceptors (Lipinski definition) is 11. The maximum atomic E-state index is 14.0. The number of unbranched alkanes of at least 4 members (excludes halogenated alkanes) is 2. The summed E-state index contributed by atoms with van der Waals surface area (Å²) in [5, 5.41) is 18.0. The standard InChI is InChI=1S/C44H66N6O8/c1-30(52)26-37(31(2)53)34(27-32-14-18-35(19-15-32)46-40(54)38(45)12-7-9-24-49(3)4)29-58-43(57)44(22-11-23-44)42(56)48-39(13-8-10-25-50(5)6)41(55)47-36-20-16-33(28-51)17-21-36/h14-21,34,37-39,51H,7-13,22-29,45H2,1-6H3,(H,46,54)(H,47,55)(H,48,56). The first-order chi connectivity index (χ1) is 27.5. The van der Waals surface area contributed by atoms with Gasteiger partial charge in [-0.2, -0.15) is 0 Å². The van der Waals surface area contributed by atoms with E-state index in [4.69, 9.17) is 10.5 Å². The predicted octanol–water partition coefficient (Wildman–Crippen LogP) is 4.09. The molecule has 2 aromatic carbocycles. The minimum absolute atomic E-state index is 0.0307. The highest BCUT2D eigenvalue weighted by molar-refractivity contribution is 6.06. The number of esters is 1. The monoisotopic (exact) mass is 806 g/mol. The van der Waals surface area contributed by atoms with E-state index in [2.05, 4.69) is 20.9 Å². The summed E-state index contributed by atoms with van der Waals surface area (Å²) in [5.41, 5.74) is 7.20. The SMILES string of the molecule is CC(=O)CC(C(C)=O)C(COC(=O)C1(C(=O)NC(CCCCN(C)C)C(=O)Nc2ccc(CO)cc2)CCC1)Cc1ccc(NC(=O)C(N)CCCCN(C)C)cc1. The highest BCUT2D eigenvalue weighted by atomic mass is 16.5. The van der Waals surface area contributed by atoms with E-state index in [1.54, 1.807) is 36.4 Å². The van der Waals surface area contributed by atoms with Crippen LogP contribution in [-0.2, 0) is 46.5 Å². The zero-order chi connectivity index (χ0) is 42.8. The third-order valence-electron chi connectivity index (χ3n) is 10.9. The predicted molar refractivity (Wildman–Crippen MR) is 225 cm³/mol. The maximum absolute atomic E-state index is 14.0. The second-order valence-electron chi connectivity index (χ2n) is 16.4. The van der Waals surface area contributed by atoms with Crippen molar-refractivity contribution in [3.8, 4) is 0 Å². The van der Waals surface area contributed by atoms with E-state index in [1.165, 1.54) is 13.8 Å². The lowest BCUT2D eigenvalue weighted by molar-refractivity contribution is -0.170. The molecular weight excluding hydrogens is 741 g/mol. The van der Waals surface area contributed by atoms with Gasteiger partial charge in [0.15, 0.2) is 0 Å². The molecule has 0 heterocycles. The number of carbonyl (C=O) groups is 6. The van der Waals surface area contributed by atoms with Crippen LogP contribution >= 0.6 is 0 Å². The van der Waals surface area contributed by atoms with E-state index in [0.29, 0.717) is 42.6 Å². The number of rotatable bonds is 26. The fourth-order valence-electron chi connectivity index (χ4n) is 7.09. The van der Waals surface area contributed by atoms with E-state index in [-0.39, 0.29) is 56.4 Å². The van der Waals surface area contributed by atoms with Crippen LogP contribution < -0.4 is 21.7 Å². The Balaban J connectivity index is 1.72. The lowest BCUT2D eigenvalue weighted by atomic mass is 9.68. The van der Waals surface area contributed by atoms with Gasteiger partial charge in [0.1, 0.15) is 23.0 Å². The Kier molecular flexibility index (Phi) is 19.6. The number of nitrogens with zero attached hydrogens (tertiary/aromatic N) is 2. The van der Waals surface area contributed by atoms with Crippen LogP contribution in [0.4, 0.5) is 11.4 Å². The van der Waals surface area contributed by atoms with Crippen LogP contribution in [0.5, 0.6) is 0 Å². The number of aliphatic hydroxyl groups is 1. The van der Waals surface area contributed by atoms with Crippen molar-refractivity contribution in [2.24, 2.45) is 23.0 Å². The summed E-state index contributed by atoms with van der Waals surface area (Å²) >= 11 is 0. The summed E-state index contributed by atoms with van der Waals surface area (Å²) < 4.78 is 5.89. The molecule has 2 aromatic rings. The van der Waals surface area contributed by atoms with Crippen LogP contribution in [0.3, 0.4) is 0 Å².